The second kappa shape index (κ2) is 14.5. The third kappa shape index (κ3) is 8.13. The van der Waals surface area contributed by atoms with Gasteiger partial charge in [0.15, 0.2) is 0 Å². The molecule has 0 spiro atoms. The molecule has 1 aromatic carbocycles. The number of alkyl halides is 3. The Hall–Kier alpha value is -5.14. The molecule has 15 nitrogen and oxygen atoms in total. The number of ether oxygens (including phenoxy) is 1. The molecule has 5 atom stereocenters. The summed E-state index contributed by atoms with van der Waals surface area (Å²) in [5, 5.41) is 8.73. The fourth-order valence-corrected chi connectivity index (χ4v) is 8.42. The molecule has 1 saturated heterocycles. The Morgan fingerprint density at radius 3 is 2.55 bits per heavy atom. The Balaban J connectivity index is 1.22. The highest BCUT2D eigenvalue weighted by atomic mass is 32.2. The van der Waals surface area contributed by atoms with E-state index in [-0.39, 0.29) is 29.6 Å². The molecule has 4 amide bonds. The fourth-order valence-electron chi connectivity index (χ4n) is 7.05. The van der Waals surface area contributed by atoms with Gasteiger partial charge in [-0.3, -0.25) is 28.6 Å². The van der Waals surface area contributed by atoms with Gasteiger partial charge in [0, 0.05) is 31.6 Å². The van der Waals surface area contributed by atoms with Crippen LogP contribution in [0.1, 0.15) is 74.0 Å². The summed E-state index contributed by atoms with van der Waals surface area (Å²) in [6.45, 7) is -0.453. The van der Waals surface area contributed by atoms with Gasteiger partial charge in [-0.15, -0.1) is 0 Å². The summed E-state index contributed by atoms with van der Waals surface area (Å²) in [6, 6.07) is 1.65. The summed E-state index contributed by atoms with van der Waals surface area (Å²) >= 11 is 0. The van der Waals surface area contributed by atoms with Gasteiger partial charge in [0.1, 0.15) is 35.2 Å². The molecule has 3 N–H and O–H groups in total. The Morgan fingerprint density at radius 2 is 1.84 bits per heavy atom. The van der Waals surface area contributed by atoms with Crippen LogP contribution < -0.4 is 20.1 Å². The van der Waals surface area contributed by atoms with Crippen LogP contribution in [-0.2, 0) is 37.6 Å². The summed E-state index contributed by atoms with van der Waals surface area (Å²) in [6.07, 6.45) is 1.73. The number of hydrogen-bond donors (Lipinski definition) is 3. The van der Waals surface area contributed by atoms with Crippen molar-refractivity contribution in [2.75, 3.05) is 6.54 Å². The Labute approximate surface area is 312 Å². The quantitative estimate of drug-likeness (QED) is 0.237. The van der Waals surface area contributed by atoms with Gasteiger partial charge in [0.05, 0.1) is 22.8 Å². The number of benzene rings is 1. The summed E-state index contributed by atoms with van der Waals surface area (Å²) < 4.78 is 91.6. The molecule has 2 saturated carbocycles. The lowest BCUT2D eigenvalue weighted by Crippen LogP contribution is -2.58. The van der Waals surface area contributed by atoms with Crippen molar-refractivity contribution in [3.05, 3.63) is 59.8 Å². The van der Waals surface area contributed by atoms with E-state index in [1.165, 1.54) is 16.9 Å². The minimum atomic E-state index is -5.06. The summed E-state index contributed by atoms with van der Waals surface area (Å²) in [5.41, 5.74) is -3.65. The van der Waals surface area contributed by atoms with E-state index in [0.29, 0.717) is 38.5 Å². The second-order valence-electron chi connectivity index (χ2n) is 14.4. The van der Waals surface area contributed by atoms with Crippen molar-refractivity contribution in [3.8, 4) is 5.88 Å². The Bertz CT molecular complexity index is 2180. The van der Waals surface area contributed by atoms with E-state index >= 15 is 0 Å². The van der Waals surface area contributed by atoms with Crippen molar-refractivity contribution < 1.29 is 49.9 Å². The highest BCUT2D eigenvalue weighted by molar-refractivity contribution is 7.91. The van der Waals surface area contributed by atoms with Gasteiger partial charge in [-0.05, 0) is 56.7 Å². The average Bonchev–Trinajstić information content (AvgIpc) is 4.01. The number of hydrogen-bond acceptors (Lipinski definition) is 10. The monoisotopic (exact) mass is 790 g/mol. The van der Waals surface area contributed by atoms with Gasteiger partial charge in [0.25, 0.3) is 11.8 Å². The standard InChI is InChI=1S/C35H38F4N8O7S/c1-46-14-13-24(44-46)29(48)41-25-8-6-4-2-3-5-7-19-17-34(19,33(51)45-55(52,53)22-10-11-22)43-30(49)27-16-21(18-47(27)32(25)50)54-31-28(35(37,38)39)40-23-12-9-20(36)15-26(23)42-31/h5,7,9,12-15,19,21-22,25,27H,2-4,6,8,10-11,16-18H2,1H3,(H,41,48)(H,43,49)(H,45,51)/t19-,21-,25+,27+,34-/m1/s1. The number of amides is 4. The molecule has 2 aliphatic carbocycles. The van der Waals surface area contributed by atoms with Crippen LogP contribution in [0.4, 0.5) is 17.6 Å². The predicted octanol–water partition coefficient (Wildman–Crippen LogP) is 2.67. The number of carbonyl (C=O) groups is 4. The Morgan fingerprint density at radius 1 is 1.05 bits per heavy atom. The van der Waals surface area contributed by atoms with Crippen molar-refractivity contribution in [2.45, 2.75) is 92.9 Å². The maximum atomic E-state index is 14.4. The van der Waals surface area contributed by atoms with Crippen molar-refractivity contribution >= 4 is 44.7 Å². The minimum absolute atomic E-state index is 0.0214. The van der Waals surface area contributed by atoms with Gasteiger partial charge >= 0.3 is 6.18 Å². The molecule has 3 aromatic rings. The third-order valence-corrected chi connectivity index (χ3v) is 12.1. The summed E-state index contributed by atoms with van der Waals surface area (Å²) in [5.74, 6) is -5.60. The number of fused-ring (bicyclic) bond motifs is 3. The molecule has 294 valence electrons. The van der Waals surface area contributed by atoms with Gasteiger partial charge in [-0.2, -0.15) is 18.3 Å². The first kappa shape index (κ1) is 38.1. The van der Waals surface area contributed by atoms with E-state index in [0.717, 1.165) is 23.1 Å². The molecule has 0 bridgehead atoms. The SMILES string of the molecule is Cn1ccc(C(=O)N[C@H]2CCCCCC=C[C@@H]3C[C@@]3(C(=O)NS(=O)(=O)C3CC3)NC(=O)[C@@H]3C[C@@H](Oc4nc5cc(F)ccc5nc4C(F)(F)F)CN3C2=O)n1. The molecule has 2 aliphatic heterocycles. The van der Waals surface area contributed by atoms with E-state index in [2.05, 4.69) is 30.4 Å². The summed E-state index contributed by atoms with van der Waals surface area (Å²) in [7, 11) is -2.40. The Kier molecular flexibility index (Phi) is 10.1. The lowest BCUT2D eigenvalue weighted by molar-refractivity contribution is -0.143. The molecule has 4 heterocycles. The van der Waals surface area contributed by atoms with Crippen molar-refractivity contribution in [1.82, 2.24) is 40.0 Å². The summed E-state index contributed by atoms with van der Waals surface area (Å²) in [4.78, 5) is 64.2. The zero-order valence-electron chi connectivity index (χ0n) is 29.5. The molecule has 20 heteroatoms. The average molecular weight is 791 g/mol. The van der Waals surface area contributed by atoms with E-state index in [4.69, 9.17) is 4.74 Å². The van der Waals surface area contributed by atoms with E-state index in [1.54, 1.807) is 13.1 Å². The van der Waals surface area contributed by atoms with Gasteiger partial charge < -0.3 is 20.3 Å². The van der Waals surface area contributed by atoms with Crippen LogP contribution in [0.3, 0.4) is 0 Å². The van der Waals surface area contributed by atoms with E-state index < -0.39 is 105 Å². The third-order valence-electron chi connectivity index (χ3n) is 10.2. The molecule has 55 heavy (non-hydrogen) atoms. The van der Waals surface area contributed by atoms with Crippen molar-refractivity contribution in [2.24, 2.45) is 13.0 Å². The van der Waals surface area contributed by atoms with Crippen LogP contribution in [0.25, 0.3) is 11.0 Å². The first-order valence-electron chi connectivity index (χ1n) is 17.9. The first-order chi connectivity index (χ1) is 26.0. The van der Waals surface area contributed by atoms with E-state index in [9.17, 15) is 45.2 Å². The number of nitrogens with zero attached hydrogens (tertiary/aromatic N) is 5. The molecule has 0 radical (unpaired) electrons. The van der Waals surface area contributed by atoms with E-state index in [1.807, 2.05) is 6.08 Å². The fraction of sp³-hybridized carbons (Fsp3) is 0.514. The van der Waals surface area contributed by atoms with Crippen molar-refractivity contribution in [3.63, 3.8) is 0 Å². The van der Waals surface area contributed by atoms with Crippen LogP contribution in [0.2, 0.25) is 0 Å². The molecule has 7 rings (SSSR count). The van der Waals surface area contributed by atoms with Crippen LogP contribution in [0.15, 0.2) is 42.6 Å². The smallest absolute Gasteiger partial charge is 0.438 e. The number of halogens is 4. The number of sulfonamides is 1. The highest BCUT2D eigenvalue weighted by Gasteiger charge is 2.62. The lowest BCUT2D eigenvalue weighted by Gasteiger charge is -2.29. The minimum Gasteiger partial charge on any atom is -0.471 e. The molecule has 4 aliphatic rings. The maximum Gasteiger partial charge on any atom is 0.438 e. The van der Waals surface area contributed by atoms with Gasteiger partial charge in [0.2, 0.25) is 33.4 Å². The van der Waals surface area contributed by atoms with Crippen LogP contribution in [0.5, 0.6) is 5.88 Å². The first-order valence-corrected chi connectivity index (χ1v) is 19.5. The van der Waals surface area contributed by atoms with Gasteiger partial charge in [-0.25, -0.2) is 22.8 Å². The van der Waals surface area contributed by atoms with Crippen molar-refractivity contribution in [1.29, 1.82) is 0 Å². The molecular formula is C35H38F4N8O7S. The highest BCUT2D eigenvalue weighted by Crippen LogP contribution is 2.46. The number of rotatable bonds is 7. The van der Waals surface area contributed by atoms with Crippen LogP contribution >= 0.6 is 0 Å². The van der Waals surface area contributed by atoms with Crippen LogP contribution in [-0.4, -0.2) is 92.2 Å². The number of aryl methyl sites for hydroxylation is 1. The number of carbonyl (C=O) groups excluding carboxylic acids is 4. The predicted molar refractivity (Wildman–Crippen MR) is 185 cm³/mol. The number of aromatic nitrogens is 4. The zero-order valence-corrected chi connectivity index (χ0v) is 30.3. The molecule has 3 fully saturated rings. The molecule has 2 aromatic heterocycles. The normalized spacial score (nSPS) is 26.3. The zero-order chi connectivity index (χ0) is 39.3. The maximum absolute atomic E-state index is 14.4. The number of nitrogens with one attached hydrogen (secondary N) is 3. The largest absolute Gasteiger partial charge is 0.471 e. The topological polar surface area (TPSA) is 195 Å². The van der Waals surface area contributed by atoms with Crippen LogP contribution in [0, 0.1) is 11.7 Å². The lowest BCUT2D eigenvalue weighted by atomic mass is 10.0. The molecule has 0 unspecified atom stereocenters. The van der Waals surface area contributed by atoms with Gasteiger partial charge in [-0.1, -0.05) is 25.0 Å². The number of allylic oxidation sites excluding steroid dienone is 1. The second-order valence-corrected chi connectivity index (χ2v) is 16.4. The molecular weight excluding hydrogens is 752 g/mol.